The van der Waals surface area contributed by atoms with Crippen molar-refractivity contribution in [3.63, 3.8) is 0 Å². The molecule has 0 bridgehead atoms. The predicted octanol–water partition coefficient (Wildman–Crippen LogP) is 5.69. The average Bonchev–Trinajstić information content (AvgIpc) is 1.62. The first kappa shape index (κ1) is 88.9. The van der Waals surface area contributed by atoms with Gasteiger partial charge >= 0.3 is 58.2 Å². The quantitative estimate of drug-likeness (QED) is 0.00630. The fourth-order valence-electron chi connectivity index (χ4n) is 10.9. The number of azide groups is 1. The smallest absolute Gasteiger partial charge is 0.459 e. The highest BCUT2D eigenvalue weighted by Gasteiger charge is 2.58. The van der Waals surface area contributed by atoms with Gasteiger partial charge in [0.1, 0.15) is 88.5 Å². The van der Waals surface area contributed by atoms with Gasteiger partial charge in [-0.05, 0) is 150 Å². The minimum Gasteiger partial charge on any atom is -0.462 e. The second kappa shape index (κ2) is 38.3. The van der Waals surface area contributed by atoms with E-state index in [0.717, 1.165) is 9.13 Å². The molecular formula is C68H93N16O24P3. The van der Waals surface area contributed by atoms with Crippen molar-refractivity contribution in [3.05, 3.63) is 175 Å². The molecule has 6 heterocycles. The number of aryl methyl sites for hydroxylation is 1. The molecule has 0 amide bonds. The molecule has 9 rings (SSSR count). The molecule has 6 aromatic rings. The largest absolute Gasteiger partial charge is 0.462 e. The van der Waals surface area contributed by atoms with Crippen molar-refractivity contribution in [3.8, 4) is 23.3 Å². The molecule has 3 aliphatic rings. The maximum atomic E-state index is 13.7. The number of nitrogens with zero attached hydrogens (tertiary/aromatic N) is 10. The van der Waals surface area contributed by atoms with Crippen LogP contribution < -0.4 is 63.1 Å². The van der Waals surface area contributed by atoms with E-state index in [1.807, 2.05) is 6.07 Å². The molecule has 0 radical (unpaired) electrons. The Labute approximate surface area is 637 Å². The van der Waals surface area contributed by atoms with Gasteiger partial charge in [0.2, 0.25) is 0 Å². The number of benzene rings is 3. The van der Waals surface area contributed by atoms with Gasteiger partial charge in [0.25, 0.3) is 0 Å². The number of nitriles is 1. The molecule has 40 nitrogen and oxygen atoms in total. The number of hydrogen-bond donors (Lipinski definition) is 9. The number of aromatic nitrogens is 6. The number of anilines is 2. The van der Waals surface area contributed by atoms with Crippen molar-refractivity contribution in [2.45, 2.75) is 193 Å². The van der Waals surface area contributed by atoms with Crippen molar-refractivity contribution in [1.82, 2.24) is 43.9 Å². The number of para-hydroxylation sites is 3. The van der Waals surface area contributed by atoms with Gasteiger partial charge in [-0.2, -0.15) is 35.5 Å². The highest BCUT2D eigenvalue weighted by Crippen LogP contribution is 2.51. The van der Waals surface area contributed by atoms with Gasteiger partial charge in [0, 0.05) is 29.2 Å². The summed E-state index contributed by atoms with van der Waals surface area (Å²) >= 11 is 0. The molecule has 3 fully saturated rings. The first-order chi connectivity index (χ1) is 52.1. The van der Waals surface area contributed by atoms with Crippen LogP contribution in [0.3, 0.4) is 0 Å². The number of rotatable bonds is 31. The molecule has 3 aromatic carbocycles. The monoisotopic (exact) mass is 1610 g/mol. The number of aliphatic hydroxyl groups is 3. The normalized spacial score (nSPS) is 25.8. The fourth-order valence-corrected chi connectivity index (χ4v) is 15.4. The third-order valence-corrected chi connectivity index (χ3v) is 21.5. The Bertz CT molecular complexity index is 4600. The Morgan fingerprint density at radius 3 is 1.23 bits per heavy atom. The SMILES string of the molecule is CC(C)OC(=O)[C@@H](C)NP(=O)(OC[C@H]1O[C@@H](n2ccc(N)nc2=O)[C@](C)(C#N)[C@@H]1O)Oc1ccccc1.CC(C)OC(=O)[C@@H](C)NP(=O)(OC[C@H]1O[C@@H](n2ccc(N)nc2=O)[C@](C)(N=[N+]=[N-])[C@@H]1O)Oc1ccccc1.Cc1ccn([C@@H]2O[C@H](COP(=O)(N[C@H](C)C(=O)OC(C)C)Oc3ccccc3)[C@@H](O)[C@@]2(C)N)c(=O)n1. The maximum Gasteiger partial charge on any atom is 0.459 e. The van der Waals surface area contributed by atoms with Gasteiger partial charge in [-0.25, -0.2) is 28.1 Å². The van der Waals surface area contributed by atoms with E-state index in [-0.39, 0.29) is 35.0 Å². The van der Waals surface area contributed by atoms with Crippen LogP contribution in [0.4, 0.5) is 11.6 Å². The zero-order valence-corrected chi connectivity index (χ0v) is 65.5. The lowest BCUT2D eigenvalue weighted by atomic mass is 9.84. The van der Waals surface area contributed by atoms with Gasteiger partial charge in [0.15, 0.2) is 18.7 Å². The third kappa shape index (κ3) is 23.4. The number of esters is 3. The van der Waals surface area contributed by atoms with Gasteiger partial charge < -0.3 is 74.5 Å². The number of hydrogen-bond acceptors (Lipinski definition) is 32. The molecule has 111 heavy (non-hydrogen) atoms. The fraction of sp³-hybridized carbons (Fsp3) is 0.500. The van der Waals surface area contributed by atoms with Crippen LogP contribution in [-0.4, -0.2) is 166 Å². The van der Waals surface area contributed by atoms with Crippen molar-refractivity contribution in [1.29, 1.82) is 5.26 Å². The van der Waals surface area contributed by atoms with Crippen LogP contribution in [0, 0.1) is 23.7 Å². The van der Waals surface area contributed by atoms with Crippen LogP contribution in [0.5, 0.6) is 17.2 Å². The van der Waals surface area contributed by atoms with E-state index in [2.05, 4.69) is 40.2 Å². The van der Waals surface area contributed by atoms with Gasteiger partial charge in [-0.15, -0.1) is 0 Å². The summed E-state index contributed by atoms with van der Waals surface area (Å²) in [6.07, 6.45) is -8.54. The molecule has 3 unspecified atom stereocenters. The van der Waals surface area contributed by atoms with E-state index in [0.29, 0.717) is 5.69 Å². The summed E-state index contributed by atoms with van der Waals surface area (Å²) in [5, 5.41) is 53.9. The van der Waals surface area contributed by atoms with E-state index in [1.54, 1.807) is 133 Å². The minimum absolute atomic E-state index is 0.0199. The average molecular weight is 1610 g/mol. The Morgan fingerprint density at radius 2 is 0.874 bits per heavy atom. The van der Waals surface area contributed by atoms with Crippen LogP contribution in [0.1, 0.15) is 107 Å². The molecule has 43 heteroatoms. The first-order valence-electron chi connectivity index (χ1n) is 34.5. The van der Waals surface area contributed by atoms with Crippen LogP contribution >= 0.6 is 23.2 Å². The summed E-state index contributed by atoms with van der Waals surface area (Å²) in [5.74, 6) is -1.48. The Kier molecular flexibility index (Phi) is 30.6. The maximum absolute atomic E-state index is 13.7. The number of carbonyl (C=O) groups excluding carboxylic acids is 3. The van der Waals surface area contributed by atoms with Crippen molar-refractivity contribution in [2.24, 2.45) is 16.3 Å². The standard InChI is InChI=1S/C23H30N5O8P.C23H33N4O8P.C22H30N7O8P/c1-14(2)34-20(30)15(3)27-37(32,36-16-8-6-5-7-9-16)33-12-17-19(29)23(4,13-24)21(35-17)28-11-10-18(25)26-22(28)31;1-14(2)33-20(29)16(4)26-36(31,35-17-9-7-6-8-10-17)32-13-18-19(28)23(5,24)21(34-18)27-12-11-15(3)25-22(27)30;1-13(2)35-19(31)14(3)26-38(33,37-15-8-6-5-7-9-15)34-12-16-18(30)22(4,27-28-24)20(36-16)29-11-10-17(23)25-21(29)32/h5-11,14-15,17,19,21,29H,12H2,1-4H3,(H,27,32)(H2,25,26,31);6-12,14,16,18-19,21,28H,13,24H2,1-5H3,(H,26,31);5-11,13-14,16,18,20,30H,12H2,1-4H3,(H,26,33)(H2,23,25,32)/t15-,17-,19-,21-,23-,37?;16-,18-,19-,21-,23-,36?;14-,16-,18-,20-,22-,38?/m111/s1. The molecule has 0 spiro atoms. The van der Waals surface area contributed by atoms with E-state index in [4.69, 9.17) is 78.3 Å². The number of aliphatic hydroxyl groups excluding tert-OH is 3. The highest BCUT2D eigenvalue weighted by molar-refractivity contribution is 7.52. The summed E-state index contributed by atoms with van der Waals surface area (Å²) in [4.78, 5) is 88.1. The summed E-state index contributed by atoms with van der Waals surface area (Å²) in [7, 11) is -12.7. The predicted molar refractivity (Wildman–Crippen MR) is 396 cm³/mol. The first-order valence-corrected chi connectivity index (χ1v) is 39.2. The summed E-state index contributed by atoms with van der Waals surface area (Å²) in [6, 6.07) is 27.5. The molecule has 18 atom stereocenters. The summed E-state index contributed by atoms with van der Waals surface area (Å²) in [5.41, 5.74) is 20.2. The van der Waals surface area contributed by atoms with Crippen molar-refractivity contribution >= 4 is 52.8 Å². The summed E-state index contributed by atoms with van der Waals surface area (Å²) < 4.78 is 111. The van der Waals surface area contributed by atoms with E-state index in [1.165, 1.54) is 89.0 Å². The lowest BCUT2D eigenvalue weighted by Gasteiger charge is -2.28. The molecule has 3 saturated heterocycles. The number of ether oxygens (including phenoxy) is 6. The zero-order valence-electron chi connectivity index (χ0n) is 62.9. The lowest BCUT2D eigenvalue weighted by molar-refractivity contribution is -0.150. The van der Waals surface area contributed by atoms with Gasteiger partial charge in [0.05, 0.1) is 55.8 Å². The van der Waals surface area contributed by atoms with Gasteiger partial charge in [-0.1, -0.05) is 59.7 Å². The number of nitrogens with two attached hydrogens (primary N) is 3. The second-order valence-electron chi connectivity index (χ2n) is 27.0. The molecule has 0 saturated carbocycles. The number of nitrogens with one attached hydrogen (secondary N) is 3. The van der Waals surface area contributed by atoms with E-state index < -0.39 is 180 Å². The molecule has 604 valence electrons. The van der Waals surface area contributed by atoms with Crippen LogP contribution in [0.2, 0.25) is 0 Å². The third-order valence-electron chi connectivity index (χ3n) is 16.6. The topological polar surface area (TPSA) is 565 Å². The Hall–Kier alpha value is -9.32. The number of nitrogen functional groups attached to an aromatic ring is 2. The molecular weight excluding hydrogens is 1520 g/mol. The van der Waals surface area contributed by atoms with Crippen LogP contribution in [-0.2, 0) is 70.1 Å². The molecule has 3 aromatic heterocycles. The van der Waals surface area contributed by atoms with Crippen molar-refractivity contribution < 1.29 is 99.0 Å². The lowest BCUT2D eigenvalue weighted by Crippen LogP contribution is -2.53. The van der Waals surface area contributed by atoms with Crippen LogP contribution in [0.15, 0.2) is 147 Å². The van der Waals surface area contributed by atoms with Crippen LogP contribution in [0.25, 0.3) is 10.4 Å². The summed E-state index contributed by atoms with van der Waals surface area (Å²) in [6.45, 7) is 18.9. The van der Waals surface area contributed by atoms with Crippen molar-refractivity contribution in [2.75, 3.05) is 31.3 Å². The zero-order chi connectivity index (χ0) is 82.1. The Morgan fingerprint density at radius 1 is 0.550 bits per heavy atom. The molecule has 0 aliphatic carbocycles. The highest BCUT2D eigenvalue weighted by atomic mass is 31.2. The van der Waals surface area contributed by atoms with Gasteiger partial charge in [-0.3, -0.25) is 41.7 Å². The number of carbonyl (C=O) groups is 3. The second-order valence-corrected chi connectivity index (χ2v) is 32.1. The Balaban J connectivity index is 0.000000231. The van der Waals surface area contributed by atoms with E-state index in [9.17, 15) is 63.0 Å². The molecule has 12 N–H and O–H groups in total. The van der Waals surface area contributed by atoms with E-state index >= 15 is 0 Å². The minimum atomic E-state index is -4.28. The molecule has 3 aliphatic heterocycles.